The molecule has 0 spiro atoms. The molecule has 7 nitrogen and oxygen atoms in total. The second-order valence-electron chi connectivity index (χ2n) is 12.8. The maximum absolute atomic E-state index is 13.7. The van der Waals surface area contributed by atoms with Crippen molar-refractivity contribution in [2.75, 3.05) is 28.6 Å². The van der Waals surface area contributed by atoms with Gasteiger partial charge in [0.15, 0.2) is 5.11 Å². The van der Waals surface area contributed by atoms with Gasteiger partial charge in [-0.3, -0.25) is 9.59 Å². The van der Waals surface area contributed by atoms with Gasteiger partial charge in [0.2, 0.25) is 0 Å². The Kier molecular flexibility index (Phi) is 7.92. The van der Waals surface area contributed by atoms with Crippen molar-refractivity contribution in [3.63, 3.8) is 0 Å². The van der Waals surface area contributed by atoms with E-state index in [1.807, 2.05) is 41.0 Å². The second kappa shape index (κ2) is 12.2. The van der Waals surface area contributed by atoms with Crippen LogP contribution in [0, 0.1) is 19.8 Å². The topological polar surface area (TPSA) is 78.4 Å². The van der Waals surface area contributed by atoms with Crippen LogP contribution < -0.4 is 26.4 Å². The van der Waals surface area contributed by atoms with E-state index in [4.69, 9.17) is 12.2 Å². The van der Waals surface area contributed by atoms with Crippen LogP contribution >= 0.6 is 12.2 Å². The van der Waals surface area contributed by atoms with E-state index >= 15 is 0 Å². The molecule has 0 saturated carbocycles. The Hall–Kier alpha value is -4.43. The molecule has 3 atom stereocenters. The molecule has 3 heterocycles. The molecule has 1 fully saturated rings. The lowest BCUT2D eigenvalue weighted by molar-refractivity contribution is 0.0933. The fraction of sp³-hybridized carbons (Fsp3) is 0.324. The van der Waals surface area contributed by atoms with Gasteiger partial charge in [-0.1, -0.05) is 36.4 Å². The molecule has 8 heteroatoms. The molecule has 1 saturated heterocycles. The zero-order valence-corrected chi connectivity index (χ0v) is 26.6. The normalized spacial score (nSPS) is 20.0. The minimum Gasteiger partial charge on any atom is -0.369 e. The van der Waals surface area contributed by atoms with Crippen molar-refractivity contribution in [3.8, 4) is 0 Å². The first-order valence-corrected chi connectivity index (χ1v) is 16.4. The summed E-state index contributed by atoms with van der Waals surface area (Å²) in [6.45, 7) is 6.51. The van der Waals surface area contributed by atoms with Crippen LogP contribution in [0.15, 0.2) is 83.7 Å². The van der Waals surface area contributed by atoms with Crippen LogP contribution in [0.5, 0.6) is 0 Å². The molecule has 0 radical (unpaired) electrons. The number of carbonyl (C=O) groups excluding carboxylic acids is 1. The van der Waals surface area contributed by atoms with Crippen molar-refractivity contribution >= 4 is 40.3 Å². The number of thiocarbonyl (C=S) groups is 1. The number of rotatable bonds is 5. The van der Waals surface area contributed by atoms with E-state index in [9.17, 15) is 9.59 Å². The van der Waals surface area contributed by atoms with E-state index < -0.39 is 0 Å². The number of aromatic nitrogens is 1. The molecule has 3 unspecified atom stereocenters. The Balaban J connectivity index is 1.18. The Morgan fingerprint density at radius 2 is 1.76 bits per heavy atom. The summed E-state index contributed by atoms with van der Waals surface area (Å²) in [6.07, 6.45) is 4.10. The molecule has 7 rings (SSSR count). The van der Waals surface area contributed by atoms with Crippen LogP contribution in [-0.4, -0.2) is 28.7 Å². The number of nitrogens with zero attached hydrogens (tertiary/aromatic N) is 2. The molecule has 2 aliphatic heterocycles. The average molecular weight is 618 g/mol. The van der Waals surface area contributed by atoms with Gasteiger partial charge in [0.05, 0.1) is 17.4 Å². The van der Waals surface area contributed by atoms with E-state index in [2.05, 4.69) is 71.1 Å². The average Bonchev–Trinajstić information content (AvgIpc) is 3.03. The van der Waals surface area contributed by atoms with Crippen molar-refractivity contribution < 1.29 is 4.79 Å². The van der Waals surface area contributed by atoms with Crippen LogP contribution in [0.3, 0.4) is 0 Å². The molecule has 3 aliphatic rings. The van der Waals surface area contributed by atoms with E-state index in [0.29, 0.717) is 16.6 Å². The highest BCUT2D eigenvalue weighted by molar-refractivity contribution is 7.80. The Labute approximate surface area is 269 Å². The van der Waals surface area contributed by atoms with Crippen LogP contribution in [-0.2, 0) is 13.0 Å². The number of hydrogen-bond acceptors (Lipinski definition) is 4. The standard InChI is InChI=1S/C37H39N5O2S/c1-23-13-15-29(17-24(23)2)38-37(45)40-32-19-27(36(44)39-31-10-5-8-26-7-3-4-9-30(26)31)14-16-34(32)41-20-25-18-28(22-41)33-11-6-12-35(43)42(33)21-25/h3-4,6-7,9,11-17,19,25,28,31H,5,8,10,18,20-22H2,1-2H3,(H,39,44)(H2,38,40,45). The predicted octanol–water partition coefficient (Wildman–Crippen LogP) is 6.71. The van der Waals surface area contributed by atoms with Crippen molar-refractivity contribution in [1.82, 2.24) is 9.88 Å². The molecule has 2 bridgehead atoms. The highest BCUT2D eigenvalue weighted by Crippen LogP contribution is 2.39. The second-order valence-corrected chi connectivity index (χ2v) is 13.2. The van der Waals surface area contributed by atoms with Crippen molar-refractivity contribution in [2.24, 2.45) is 5.92 Å². The zero-order valence-electron chi connectivity index (χ0n) is 25.8. The monoisotopic (exact) mass is 617 g/mol. The summed E-state index contributed by atoms with van der Waals surface area (Å²) in [5, 5.41) is 10.6. The number of aryl methyl sites for hydroxylation is 3. The van der Waals surface area contributed by atoms with Crippen LogP contribution in [0.4, 0.5) is 17.1 Å². The molecule has 1 aliphatic carbocycles. The van der Waals surface area contributed by atoms with Crippen molar-refractivity contribution in [3.05, 3.63) is 123 Å². The minimum atomic E-state index is -0.0943. The van der Waals surface area contributed by atoms with Gasteiger partial charge in [0.25, 0.3) is 11.5 Å². The summed E-state index contributed by atoms with van der Waals surface area (Å²) in [5.41, 5.74) is 9.42. The van der Waals surface area contributed by atoms with Gasteiger partial charge in [-0.2, -0.15) is 0 Å². The van der Waals surface area contributed by atoms with Gasteiger partial charge in [-0.25, -0.2) is 0 Å². The predicted molar refractivity (Wildman–Crippen MR) is 186 cm³/mol. The first kappa shape index (κ1) is 29.3. The quantitative estimate of drug-likeness (QED) is 0.216. The van der Waals surface area contributed by atoms with Crippen molar-refractivity contribution in [2.45, 2.75) is 58.0 Å². The molecule has 3 N–H and O–H groups in total. The summed E-state index contributed by atoms with van der Waals surface area (Å²) in [6, 6.07) is 26.1. The number of benzene rings is 3. The largest absolute Gasteiger partial charge is 0.369 e. The summed E-state index contributed by atoms with van der Waals surface area (Å²) in [4.78, 5) is 28.7. The Morgan fingerprint density at radius 3 is 2.62 bits per heavy atom. The van der Waals surface area contributed by atoms with E-state index in [1.165, 1.54) is 22.3 Å². The lowest BCUT2D eigenvalue weighted by atomic mass is 9.83. The molecule has 45 heavy (non-hydrogen) atoms. The number of fused-ring (bicyclic) bond motifs is 5. The molecule has 4 aromatic rings. The van der Waals surface area contributed by atoms with Crippen molar-refractivity contribution in [1.29, 1.82) is 0 Å². The third-order valence-electron chi connectivity index (χ3n) is 9.77. The summed E-state index contributed by atoms with van der Waals surface area (Å²) in [7, 11) is 0. The SMILES string of the molecule is Cc1ccc(NC(=S)Nc2cc(C(=O)NC3CCCc4ccccc43)ccc2N2CC3CC(C2)c2cccc(=O)n2C3)cc1C. The molecule has 3 aromatic carbocycles. The molecule has 1 aromatic heterocycles. The smallest absolute Gasteiger partial charge is 0.251 e. The highest BCUT2D eigenvalue weighted by atomic mass is 32.1. The van der Waals surface area contributed by atoms with E-state index in [-0.39, 0.29) is 23.4 Å². The van der Waals surface area contributed by atoms with Gasteiger partial charge in [0.1, 0.15) is 0 Å². The lowest BCUT2D eigenvalue weighted by Gasteiger charge is -2.44. The molecule has 230 valence electrons. The molecular formula is C37H39N5O2S. The fourth-order valence-corrected chi connectivity index (χ4v) is 7.62. The van der Waals surface area contributed by atoms with E-state index in [0.717, 1.165) is 68.1 Å². The Morgan fingerprint density at radius 1 is 0.889 bits per heavy atom. The van der Waals surface area contributed by atoms with Gasteiger partial charge in [0, 0.05) is 48.6 Å². The first-order chi connectivity index (χ1) is 21.8. The number of carbonyl (C=O) groups is 1. The number of amides is 1. The van der Waals surface area contributed by atoms with Gasteiger partial charge in [-0.05, 0) is 116 Å². The number of nitrogens with one attached hydrogen (secondary N) is 3. The first-order valence-electron chi connectivity index (χ1n) is 15.9. The van der Waals surface area contributed by atoms with Gasteiger partial charge < -0.3 is 25.4 Å². The van der Waals surface area contributed by atoms with Crippen LogP contribution in [0.2, 0.25) is 0 Å². The van der Waals surface area contributed by atoms with Gasteiger partial charge in [-0.15, -0.1) is 0 Å². The number of hydrogen-bond donors (Lipinski definition) is 3. The molecule has 1 amide bonds. The molecular weight excluding hydrogens is 579 g/mol. The number of piperidine rings is 1. The Bertz CT molecular complexity index is 1850. The highest BCUT2D eigenvalue weighted by Gasteiger charge is 2.35. The van der Waals surface area contributed by atoms with Crippen LogP contribution in [0.25, 0.3) is 0 Å². The maximum atomic E-state index is 13.7. The van der Waals surface area contributed by atoms with Gasteiger partial charge >= 0.3 is 0 Å². The third-order valence-corrected chi connectivity index (χ3v) is 9.97. The lowest BCUT2D eigenvalue weighted by Crippen LogP contribution is -2.47. The summed E-state index contributed by atoms with van der Waals surface area (Å²) in [5.74, 6) is 0.525. The minimum absolute atomic E-state index is 0.00370. The third kappa shape index (κ3) is 5.99. The van der Waals surface area contributed by atoms with Crippen LogP contribution in [0.1, 0.15) is 69.5 Å². The zero-order chi connectivity index (χ0) is 31.1. The number of anilines is 3. The fourth-order valence-electron chi connectivity index (χ4n) is 7.40. The number of pyridine rings is 1. The summed E-state index contributed by atoms with van der Waals surface area (Å²) >= 11 is 5.81. The summed E-state index contributed by atoms with van der Waals surface area (Å²) < 4.78 is 1.95. The maximum Gasteiger partial charge on any atom is 0.251 e. The van der Waals surface area contributed by atoms with E-state index in [1.54, 1.807) is 6.07 Å².